The van der Waals surface area contributed by atoms with Gasteiger partial charge in [0.1, 0.15) is 0 Å². The lowest BCUT2D eigenvalue weighted by Gasteiger charge is -2.15. The van der Waals surface area contributed by atoms with E-state index in [0.717, 1.165) is 0 Å². The summed E-state index contributed by atoms with van der Waals surface area (Å²) in [5.74, 6) is 0.346. The molecule has 0 fully saturated rings. The van der Waals surface area contributed by atoms with Crippen molar-refractivity contribution in [2.75, 3.05) is 6.61 Å². The molecule has 0 spiro atoms. The molecular formula is C9H7NO3. The van der Waals surface area contributed by atoms with Crippen molar-refractivity contribution in [1.29, 1.82) is 0 Å². The number of para-hydroxylation sites is 1. The lowest BCUT2D eigenvalue weighted by Crippen LogP contribution is -2.08. The number of fused-ring (bicyclic) bond motifs is 1. The summed E-state index contributed by atoms with van der Waals surface area (Å²) < 4.78 is 5.21. The van der Waals surface area contributed by atoms with Crippen LogP contribution >= 0.6 is 0 Å². The van der Waals surface area contributed by atoms with Crippen molar-refractivity contribution in [3.05, 3.63) is 40.3 Å². The molecule has 0 unspecified atom stereocenters. The highest BCUT2D eigenvalue weighted by Crippen LogP contribution is 2.34. The number of nitrogens with zero attached hydrogens (tertiary/aromatic N) is 1. The molecule has 0 saturated heterocycles. The van der Waals surface area contributed by atoms with E-state index in [1.165, 1.54) is 6.07 Å². The second kappa shape index (κ2) is 3.05. The van der Waals surface area contributed by atoms with E-state index in [2.05, 4.69) is 6.42 Å². The van der Waals surface area contributed by atoms with Crippen LogP contribution in [0.4, 0.5) is 5.69 Å². The molecule has 1 aliphatic rings. The molecule has 0 bridgehead atoms. The van der Waals surface area contributed by atoms with Gasteiger partial charge in [0.25, 0.3) is 0 Å². The van der Waals surface area contributed by atoms with E-state index in [1.54, 1.807) is 12.1 Å². The Morgan fingerprint density at radius 3 is 3.15 bits per heavy atom. The second-order valence-corrected chi connectivity index (χ2v) is 2.69. The number of nitro groups is 1. The Labute approximate surface area is 75.3 Å². The van der Waals surface area contributed by atoms with Crippen molar-refractivity contribution in [3.8, 4) is 5.75 Å². The summed E-state index contributed by atoms with van der Waals surface area (Å²) in [5.41, 5.74) is 0.713. The van der Waals surface area contributed by atoms with E-state index in [0.29, 0.717) is 24.3 Å². The fourth-order valence-electron chi connectivity index (χ4n) is 1.30. The summed E-state index contributed by atoms with van der Waals surface area (Å²) in [6.07, 6.45) is 3.72. The quantitative estimate of drug-likeness (QED) is 0.485. The molecule has 0 saturated carbocycles. The Hall–Kier alpha value is -1.58. The minimum absolute atomic E-state index is 0.0182. The molecule has 66 valence electrons. The van der Waals surface area contributed by atoms with Crippen molar-refractivity contribution < 1.29 is 9.66 Å². The molecule has 4 heteroatoms. The van der Waals surface area contributed by atoms with E-state index in [-0.39, 0.29) is 5.69 Å². The largest absolute Gasteiger partial charge is 0.487 e. The summed E-state index contributed by atoms with van der Waals surface area (Å²) in [6.45, 7) is 0.470. The van der Waals surface area contributed by atoms with Crippen LogP contribution < -0.4 is 4.74 Å². The monoisotopic (exact) mass is 177 g/mol. The Kier molecular flexibility index (Phi) is 1.88. The highest BCUT2D eigenvalue weighted by atomic mass is 16.6. The summed E-state index contributed by atoms with van der Waals surface area (Å²) in [5, 5.41) is 10.6. The molecule has 1 aliphatic heterocycles. The predicted molar refractivity (Wildman–Crippen MR) is 45.6 cm³/mol. The van der Waals surface area contributed by atoms with E-state index in [4.69, 9.17) is 4.74 Å². The molecule has 0 amide bonds. The van der Waals surface area contributed by atoms with Crippen LogP contribution in [0, 0.1) is 16.5 Å². The zero-order valence-electron chi connectivity index (χ0n) is 6.82. The number of hydrogen-bond acceptors (Lipinski definition) is 3. The van der Waals surface area contributed by atoms with Gasteiger partial charge in [-0.05, 0) is 6.42 Å². The van der Waals surface area contributed by atoms with Gasteiger partial charge < -0.3 is 4.74 Å². The molecular weight excluding hydrogens is 170 g/mol. The fourth-order valence-corrected chi connectivity index (χ4v) is 1.30. The molecule has 0 atom stereocenters. The molecule has 2 radical (unpaired) electrons. The zero-order valence-corrected chi connectivity index (χ0v) is 6.82. The van der Waals surface area contributed by atoms with Crippen molar-refractivity contribution in [3.63, 3.8) is 0 Å². The molecule has 1 heterocycles. The van der Waals surface area contributed by atoms with Gasteiger partial charge in [-0.2, -0.15) is 0 Å². The van der Waals surface area contributed by atoms with Crippen molar-refractivity contribution in [1.82, 2.24) is 0 Å². The summed E-state index contributed by atoms with van der Waals surface area (Å²) in [4.78, 5) is 10.1. The lowest BCUT2D eigenvalue weighted by molar-refractivity contribution is -0.386. The van der Waals surface area contributed by atoms with Crippen LogP contribution in [0.3, 0.4) is 0 Å². The Morgan fingerprint density at radius 1 is 1.54 bits per heavy atom. The van der Waals surface area contributed by atoms with E-state index < -0.39 is 4.92 Å². The van der Waals surface area contributed by atoms with Crippen LogP contribution in [-0.4, -0.2) is 11.5 Å². The van der Waals surface area contributed by atoms with Crippen LogP contribution in [0.2, 0.25) is 0 Å². The average molecular weight is 177 g/mol. The molecule has 0 aliphatic carbocycles. The first-order chi connectivity index (χ1) is 6.29. The number of benzene rings is 1. The SMILES string of the molecule is O=[N+]([O-])c1cccc2c1OCC[C]2. The number of nitro benzene ring substituents is 1. The minimum Gasteiger partial charge on any atom is -0.487 e. The third-order valence-electron chi connectivity index (χ3n) is 1.85. The normalized spacial score (nSPS) is 14.5. The first-order valence-corrected chi connectivity index (χ1v) is 3.93. The van der Waals surface area contributed by atoms with Gasteiger partial charge in [0.05, 0.1) is 11.5 Å². The van der Waals surface area contributed by atoms with E-state index >= 15 is 0 Å². The van der Waals surface area contributed by atoms with Gasteiger partial charge in [-0.1, -0.05) is 12.1 Å². The molecule has 1 aromatic carbocycles. The summed E-state index contributed by atoms with van der Waals surface area (Å²) in [6, 6.07) is 4.84. The van der Waals surface area contributed by atoms with Gasteiger partial charge in [0.2, 0.25) is 5.75 Å². The maximum Gasteiger partial charge on any atom is 0.311 e. The van der Waals surface area contributed by atoms with Gasteiger partial charge in [-0.3, -0.25) is 10.1 Å². The molecule has 1 aromatic rings. The second-order valence-electron chi connectivity index (χ2n) is 2.69. The Balaban J connectivity index is 2.52. The standard InChI is InChI=1S/C9H7NO3/c11-10(12)8-5-1-3-7-4-2-6-13-9(7)8/h1,3,5H,2,6H2. The van der Waals surface area contributed by atoms with Gasteiger partial charge in [0, 0.05) is 18.1 Å². The highest BCUT2D eigenvalue weighted by molar-refractivity contribution is 5.55. The average Bonchev–Trinajstić information content (AvgIpc) is 2.17. The topological polar surface area (TPSA) is 52.4 Å². The third kappa shape index (κ3) is 1.35. The fraction of sp³-hybridized carbons (Fsp3) is 0.222. The maximum absolute atomic E-state index is 10.6. The van der Waals surface area contributed by atoms with Crippen molar-refractivity contribution in [2.24, 2.45) is 0 Å². The molecule has 13 heavy (non-hydrogen) atoms. The lowest BCUT2D eigenvalue weighted by atomic mass is 10.1. The minimum atomic E-state index is -0.439. The van der Waals surface area contributed by atoms with Gasteiger partial charge in [-0.15, -0.1) is 0 Å². The van der Waals surface area contributed by atoms with Crippen molar-refractivity contribution >= 4 is 5.69 Å². The summed E-state index contributed by atoms with van der Waals surface area (Å²) >= 11 is 0. The molecule has 2 rings (SSSR count). The zero-order chi connectivity index (χ0) is 9.26. The number of hydrogen-bond donors (Lipinski definition) is 0. The molecule has 4 nitrogen and oxygen atoms in total. The third-order valence-corrected chi connectivity index (χ3v) is 1.85. The van der Waals surface area contributed by atoms with Crippen LogP contribution in [-0.2, 0) is 0 Å². The molecule has 0 aromatic heterocycles. The van der Waals surface area contributed by atoms with Crippen LogP contribution in [0.25, 0.3) is 0 Å². The smallest absolute Gasteiger partial charge is 0.311 e. The van der Waals surface area contributed by atoms with E-state index in [1.807, 2.05) is 0 Å². The van der Waals surface area contributed by atoms with Gasteiger partial charge in [0.15, 0.2) is 0 Å². The number of ether oxygens (including phenoxy) is 1. The van der Waals surface area contributed by atoms with E-state index in [9.17, 15) is 10.1 Å². The predicted octanol–water partition coefficient (Wildman–Crippen LogP) is 1.81. The van der Waals surface area contributed by atoms with Crippen LogP contribution in [0.5, 0.6) is 5.75 Å². The first-order valence-electron chi connectivity index (χ1n) is 3.93. The maximum atomic E-state index is 10.6. The molecule has 0 N–H and O–H groups in total. The Bertz CT molecular complexity index is 349. The van der Waals surface area contributed by atoms with Crippen LogP contribution in [0.15, 0.2) is 18.2 Å². The van der Waals surface area contributed by atoms with Gasteiger partial charge in [-0.25, -0.2) is 0 Å². The Morgan fingerprint density at radius 2 is 2.38 bits per heavy atom. The highest BCUT2D eigenvalue weighted by Gasteiger charge is 2.21. The number of rotatable bonds is 1. The summed E-state index contributed by atoms with van der Waals surface area (Å²) in [7, 11) is 0. The van der Waals surface area contributed by atoms with Crippen LogP contribution in [0.1, 0.15) is 12.0 Å². The van der Waals surface area contributed by atoms with Gasteiger partial charge >= 0.3 is 5.69 Å². The van der Waals surface area contributed by atoms with Crippen molar-refractivity contribution in [2.45, 2.75) is 6.42 Å². The first kappa shape index (κ1) is 8.04.